The first-order chi connectivity index (χ1) is 20.1. The number of hydrogen-bond acceptors (Lipinski definition) is 8. The molecule has 9 heteroatoms. The normalized spacial score (nSPS) is 22.6. The van der Waals surface area contributed by atoms with Gasteiger partial charge in [0, 0.05) is 37.8 Å². The van der Waals surface area contributed by atoms with Crippen LogP contribution in [0.4, 0.5) is 0 Å². The molecule has 2 aliphatic heterocycles. The van der Waals surface area contributed by atoms with E-state index in [2.05, 4.69) is 11.4 Å². The third kappa shape index (κ3) is 8.82. The summed E-state index contributed by atoms with van der Waals surface area (Å²) in [5.74, 6) is -1.72. The molecule has 0 aromatic heterocycles. The lowest BCUT2D eigenvalue weighted by molar-refractivity contribution is -0.134. The summed E-state index contributed by atoms with van der Waals surface area (Å²) in [6, 6.07) is 4.41. The minimum atomic E-state index is -0.901. The molecule has 1 amide bonds. The topological polar surface area (TPSA) is 126 Å². The Morgan fingerprint density at radius 1 is 1.12 bits per heavy atom. The molecule has 0 saturated carbocycles. The zero-order chi connectivity index (χ0) is 30.3. The van der Waals surface area contributed by atoms with Crippen LogP contribution in [-0.2, 0) is 41.5 Å². The number of Topliss-reactive ketones (excluding diaryl/α,β-unsaturated/α-hetero) is 3. The molecule has 230 valence electrons. The number of benzene rings is 1. The molecule has 9 nitrogen and oxygen atoms in total. The van der Waals surface area contributed by atoms with Gasteiger partial charge in [0.2, 0.25) is 5.91 Å². The van der Waals surface area contributed by atoms with Crippen molar-refractivity contribution in [2.75, 3.05) is 39.5 Å². The van der Waals surface area contributed by atoms with E-state index in [1.54, 1.807) is 19.9 Å². The van der Waals surface area contributed by atoms with Gasteiger partial charge in [-0.15, -0.1) is 0 Å². The zero-order valence-corrected chi connectivity index (χ0v) is 25.3. The van der Waals surface area contributed by atoms with Crippen LogP contribution in [0.15, 0.2) is 29.8 Å². The molecule has 3 aliphatic rings. The van der Waals surface area contributed by atoms with E-state index in [0.717, 1.165) is 24.8 Å². The maximum absolute atomic E-state index is 13.9. The molecule has 1 aromatic carbocycles. The second kappa shape index (κ2) is 14.5. The number of ether oxygens (including phenoxy) is 2. The van der Waals surface area contributed by atoms with Crippen LogP contribution >= 0.6 is 0 Å². The number of phenolic OH excluding ortho intramolecular Hbond substituents is 1. The van der Waals surface area contributed by atoms with Crippen molar-refractivity contribution in [1.29, 1.82) is 0 Å². The molecular weight excluding hydrogens is 536 g/mol. The molecule has 2 heterocycles. The summed E-state index contributed by atoms with van der Waals surface area (Å²) in [7, 11) is 0. The fraction of sp³-hybridized carbons (Fsp3) is 0.636. The Balaban J connectivity index is 1.46. The summed E-state index contributed by atoms with van der Waals surface area (Å²) in [6.07, 6.45) is 6.54. The molecule has 0 spiro atoms. The third-order valence-corrected chi connectivity index (χ3v) is 8.72. The summed E-state index contributed by atoms with van der Waals surface area (Å²) >= 11 is 0. The number of allylic oxidation sites excluding steroid dienone is 2. The maximum atomic E-state index is 13.9. The van der Waals surface area contributed by atoms with E-state index in [1.165, 1.54) is 5.57 Å². The molecule has 1 aliphatic carbocycles. The first-order valence-electron chi connectivity index (χ1n) is 15.4. The number of nitrogens with zero attached hydrogens (tertiary/aromatic N) is 1. The minimum absolute atomic E-state index is 0.0105. The Morgan fingerprint density at radius 2 is 1.86 bits per heavy atom. The van der Waals surface area contributed by atoms with Gasteiger partial charge < -0.3 is 19.9 Å². The molecule has 2 saturated heterocycles. The lowest BCUT2D eigenvalue weighted by Gasteiger charge is -2.26. The van der Waals surface area contributed by atoms with Gasteiger partial charge in [-0.05, 0) is 62.6 Å². The average molecular weight is 583 g/mol. The van der Waals surface area contributed by atoms with Crippen molar-refractivity contribution in [2.24, 2.45) is 11.8 Å². The number of ketones is 3. The standard InChI is InChI=1S/C33H46N2O7/c1-4-25-10-9-24(18-29(25)37)17-28(34-32(40)22(2)15-27(36)20-35-11-13-41-14-12-35)30(38)19-26(16-23-7-5-6-8-23)31(39)33(3)21-42-33/h7,9-10,18,22,26,28,37H,4-6,8,11-17,19-21H2,1-3H3,(H,34,40). The molecule has 4 atom stereocenters. The van der Waals surface area contributed by atoms with E-state index in [9.17, 15) is 24.3 Å². The average Bonchev–Trinajstić information content (AvgIpc) is 3.50. The van der Waals surface area contributed by atoms with Crippen LogP contribution in [0.3, 0.4) is 0 Å². The summed E-state index contributed by atoms with van der Waals surface area (Å²) in [5.41, 5.74) is 1.85. The zero-order valence-electron chi connectivity index (χ0n) is 25.3. The first-order valence-corrected chi connectivity index (χ1v) is 15.4. The predicted molar refractivity (Wildman–Crippen MR) is 158 cm³/mol. The highest BCUT2D eigenvalue weighted by Gasteiger charge is 2.50. The summed E-state index contributed by atoms with van der Waals surface area (Å²) in [4.78, 5) is 55.3. The van der Waals surface area contributed by atoms with Gasteiger partial charge in [-0.25, -0.2) is 0 Å². The first kappa shape index (κ1) is 32.0. The second-order valence-corrected chi connectivity index (χ2v) is 12.3. The molecule has 4 rings (SSSR count). The third-order valence-electron chi connectivity index (χ3n) is 8.72. The Kier molecular flexibility index (Phi) is 11.1. The van der Waals surface area contributed by atoms with Gasteiger partial charge in [0.05, 0.1) is 32.4 Å². The van der Waals surface area contributed by atoms with Gasteiger partial charge in [-0.3, -0.25) is 24.1 Å². The van der Waals surface area contributed by atoms with Crippen LogP contribution < -0.4 is 5.32 Å². The number of amides is 1. The number of hydrogen-bond donors (Lipinski definition) is 2. The van der Waals surface area contributed by atoms with Crippen molar-refractivity contribution in [2.45, 2.75) is 83.8 Å². The number of carbonyl (C=O) groups excluding carboxylic acids is 4. The van der Waals surface area contributed by atoms with Crippen LogP contribution in [0.25, 0.3) is 0 Å². The summed E-state index contributed by atoms with van der Waals surface area (Å²) in [5, 5.41) is 13.3. The molecule has 0 radical (unpaired) electrons. The van der Waals surface area contributed by atoms with Crippen LogP contribution in [-0.4, -0.2) is 84.4 Å². The van der Waals surface area contributed by atoms with E-state index < -0.39 is 23.5 Å². The summed E-state index contributed by atoms with van der Waals surface area (Å²) < 4.78 is 10.8. The lowest BCUT2D eigenvalue weighted by atomic mass is 9.83. The molecule has 2 N–H and O–H groups in total. The van der Waals surface area contributed by atoms with E-state index in [1.807, 2.05) is 24.0 Å². The van der Waals surface area contributed by atoms with E-state index in [4.69, 9.17) is 9.47 Å². The highest BCUT2D eigenvalue weighted by Crippen LogP contribution is 2.35. The van der Waals surface area contributed by atoms with Crippen molar-refractivity contribution >= 4 is 23.3 Å². The van der Waals surface area contributed by atoms with Crippen molar-refractivity contribution in [3.05, 3.63) is 41.0 Å². The predicted octanol–water partition coefficient (Wildman–Crippen LogP) is 3.34. The summed E-state index contributed by atoms with van der Waals surface area (Å²) in [6.45, 7) is 8.59. The Labute approximate surface area is 249 Å². The minimum Gasteiger partial charge on any atom is -0.508 e. The highest BCUT2D eigenvalue weighted by molar-refractivity contribution is 5.97. The van der Waals surface area contributed by atoms with Crippen LogP contribution in [0.2, 0.25) is 0 Å². The van der Waals surface area contributed by atoms with Gasteiger partial charge in [-0.2, -0.15) is 0 Å². The Hall–Kier alpha value is -2.88. The van der Waals surface area contributed by atoms with Crippen LogP contribution in [0, 0.1) is 11.8 Å². The quantitative estimate of drug-likeness (QED) is 0.225. The van der Waals surface area contributed by atoms with Gasteiger partial charge in [0.1, 0.15) is 17.1 Å². The lowest BCUT2D eigenvalue weighted by Crippen LogP contribution is -2.46. The highest BCUT2D eigenvalue weighted by atomic mass is 16.6. The van der Waals surface area contributed by atoms with E-state index >= 15 is 0 Å². The molecular formula is C33H46N2O7. The SMILES string of the molecule is CCc1ccc(CC(NC(=O)C(C)CC(=O)CN2CCOCC2)C(=O)CC(CC2=CCCC2)C(=O)C2(C)CO2)cc1O. The van der Waals surface area contributed by atoms with Crippen molar-refractivity contribution in [3.8, 4) is 5.75 Å². The number of phenols is 1. The second-order valence-electron chi connectivity index (χ2n) is 12.3. The fourth-order valence-corrected chi connectivity index (χ4v) is 5.90. The van der Waals surface area contributed by atoms with Gasteiger partial charge >= 0.3 is 0 Å². The van der Waals surface area contributed by atoms with Crippen molar-refractivity contribution in [3.63, 3.8) is 0 Å². The largest absolute Gasteiger partial charge is 0.508 e. The Bertz CT molecular complexity index is 1180. The Morgan fingerprint density at radius 3 is 2.48 bits per heavy atom. The van der Waals surface area contributed by atoms with Crippen LogP contribution in [0.5, 0.6) is 5.75 Å². The number of rotatable bonds is 16. The fourth-order valence-electron chi connectivity index (χ4n) is 5.90. The van der Waals surface area contributed by atoms with Gasteiger partial charge in [0.25, 0.3) is 0 Å². The number of nitrogens with one attached hydrogen (secondary N) is 1. The van der Waals surface area contributed by atoms with Crippen molar-refractivity contribution in [1.82, 2.24) is 10.2 Å². The number of morpholine rings is 1. The smallest absolute Gasteiger partial charge is 0.223 e. The van der Waals surface area contributed by atoms with Gasteiger partial charge in [0.15, 0.2) is 11.6 Å². The van der Waals surface area contributed by atoms with E-state index in [0.29, 0.717) is 51.3 Å². The van der Waals surface area contributed by atoms with E-state index in [-0.39, 0.29) is 54.8 Å². The molecule has 42 heavy (non-hydrogen) atoms. The molecule has 4 unspecified atom stereocenters. The van der Waals surface area contributed by atoms with Gasteiger partial charge in [-0.1, -0.05) is 37.6 Å². The molecule has 0 bridgehead atoms. The van der Waals surface area contributed by atoms with Crippen LogP contribution in [0.1, 0.15) is 70.4 Å². The number of aromatic hydroxyl groups is 1. The number of aryl methyl sites for hydroxylation is 1. The number of carbonyl (C=O) groups is 4. The molecule has 2 fully saturated rings. The van der Waals surface area contributed by atoms with Crippen molar-refractivity contribution < 1.29 is 33.8 Å². The monoisotopic (exact) mass is 582 g/mol. The molecule has 1 aromatic rings. The maximum Gasteiger partial charge on any atom is 0.223 e. The number of epoxide rings is 1.